The summed E-state index contributed by atoms with van der Waals surface area (Å²) in [5.41, 5.74) is 6.96. The number of aromatic hydroxyl groups is 1. The molecule has 0 fully saturated rings. The van der Waals surface area contributed by atoms with Crippen LogP contribution in [0, 0.1) is 5.82 Å². The van der Waals surface area contributed by atoms with Crippen LogP contribution >= 0.6 is 24.0 Å². The molecule has 0 unspecified atom stereocenters. The molecular weight excluding hydrogens is 252 g/mol. The van der Waals surface area contributed by atoms with Crippen molar-refractivity contribution in [3.63, 3.8) is 0 Å². The van der Waals surface area contributed by atoms with Gasteiger partial charge in [0.15, 0.2) is 11.6 Å². The summed E-state index contributed by atoms with van der Waals surface area (Å²) in [7, 11) is 0. The third-order valence-electron chi connectivity index (χ3n) is 2.03. The third kappa shape index (κ3) is 3.67. The van der Waals surface area contributed by atoms with Gasteiger partial charge in [0.05, 0.1) is 0 Å². The number of phenolic OH excluding ortho intramolecular Hbond substituents is 1. The van der Waals surface area contributed by atoms with E-state index in [1.807, 2.05) is 6.92 Å². The molecule has 0 bridgehead atoms. The summed E-state index contributed by atoms with van der Waals surface area (Å²) >= 11 is 5.67. The van der Waals surface area contributed by atoms with Gasteiger partial charge >= 0.3 is 0 Å². The highest BCUT2D eigenvalue weighted by atomic mass is 35.5. The van der Waals surface area contributed by atoms with Gasteiger partial charge in [-0.1, -0.05) is 17.2 Å². The maximum Gasteiger partial charge on any atom is 0.166 e. The molecule has 0 saturated carbocycles. The smallest absolute Gasteiger partial charge is 0.166 e. The highest BCUT2D eigenvalue weighted by molar-refractivity contribution is 6.30. The molecule has 2 nitrogen and oxygen atoms in total. The normalized spacial score (nSPS) is 11.8. The van der Waals surface area contributed by atoms with Crippen LogP contribution in [0.1, 0.15) is 24.9 Å². The summed E-state index contributed by atoms with van der Waals surface area (Å²) < 4.78 is 13.1. The van der Waals surface area contributed by atoms with Crippen LogP contribution in [-0.4, -0.2) is 5.11 Å². The van der Waals surface area contributed by atoms with E-state index in [1.54, 1.807) is 0 Å². The Morgan fingerprint density at radius 3 is 2.69 bits per heavy atom. The molecule has 1 aromatic carbocycles. The largest absolute Gasteiger partial charge is 0.505 e. The molecule has 0 aliphatic heterocycles. The Hall–Kier alpha value is -0.770. The monoisotopic (exact) mass is 265 g/mol. The van der Waals surface area contributed by atoms with Crippen molar-refractivity contribution >= 4 is 24.0 Å². The fourth-order valence-electron chi connectivity index (χ4n) is 1.35. The molecule has 0 amide bonds. The summed E-state index contributed by atoms with van der Waals surface area (Å²) in [5.74, 6) is -1.19. The minimum Gasteiger partial charge on any atom is -0.505 e. The first-order valence-electron chi connectivity index (χ1n) is 4.49. The number of nitrogens with two attached hydrogens (primary N) is 1. The van der Waals surface area contributed by atoms with Gasteiger partial charge < -0.3 is 10.8 Å². The lowest BCUT2D eigenvalue weighted by molar-refractivity contribution is 0.420. The Labute approximate surface area is 105 Å². The van der Waals surface area contributed by atoms with E-state index < -0.39 is 17.6 Å². The summed E-state index contributed by atoms with van der Waals surface area (Å²) in [6.07, 6.45) is 0.480. The van der Waals surface area contributed by atoms with Crippen molar-refractivity contribution in [2.24, 2.45) is 5.73 Å². The summed E-state index contributed by atoms with van der Waals surface area (Å²) in [4.78, 5) is 0. The molecule has 0 saturated heterocycles. The minimum atomic E-state index is -0.755. The molecule has 0 heterocycles. The average molecular weight is 266 g/mol. The van der Waals surface area contributed by atoms with Crippen LogP contribution in [0.2, 0.25) is 5.02 Å². The van der Waals surface area contributed by atoms with Gasteiger partial charge in [-0.05, 0) is 25.5 Å². The van der Waals surface area contributed by atoms with Crippen LogP contribution < -0.4 is 5.73 Å². The highest BCUT2D eigenvalue weighted by Gasteiger charge is 2.15. The molecule has 0 radical (unpaired) electrons. The van der Waals surface area contributed by atoms with Gasteiger partial charge in [0.25, 0.3) is 0 Å². The Morgan fingerprint density at radius 2 is 2.19 bits per heavy atom. The zero-order chi connectivity index (χ0) is 11.6. The fourth-order valence-corrected chi connectivity index (χ4v) is 1.57. The Bertz CT molecular complexity index is 396. The lowest BCUT2D eigenvalue weighted by Gasteiger charge is -2.14. The van der Waals surface area contributed by atoms with Gasteiger partial charge in [-0.15, -0.1) is 19.0 Å². The first-order valence-corrected chi connectivity index (χ1v) is 4.87. The van der Waals surface area contributed by atoms with Crippen molar-refractivity contribution in [2.75, 3.05) is 0 Å². The molecule has 90 valence electrons. The van der Waals surface area contributed by atoms with Gasteiger partial charge in [-0.3, -0.25) is 0 Å². The first kappa shape index (κ1) is 15.2. The van der Waals surface area contributed by atoms with Gasteiger partial charge in [-0.2, -0.15) is 0 Å². The van der Waals surface area contributed by atoms with Crippen molar-refractivity contribution < 1.29 is 9.50 Å². The molecule has 0 aliphatic carbocycles. The van der Waals surface area contributed by atoms with E-state index in [0.717, 1.165) is 11.6 Å². The molecule has 0 aromatic heterocycles. The molecular formula is C11H14Cl2FNO. The second-order valence-electron chi connectivity index (χ2n) is 3.59. The van der Waals surface area contributed by atoms with E-state index in [0.29, 0.717) is 12.0 Å². The van der Waals surface area contributed by atoms with Gasteiger partial charge in [-0.25, -0.2) is 4.39 Å². The molecule has 1 rings (SSSR count). The van der Waals surface area contributed by atoms with Crippen LogP contribution in [0.5, 0.6) is 5.75 Å². The number of phenols is 1. The van der Waals surface area contributed by atoms with E-state index in [9.17, 15) is 9.50 Å². The Balaban J connectivity index is 0.00000225. The number of halogens is 3. The maximum absolute atomic E-state index is 13.1. The second kappa shape index (κ2) is 6.09. The van der Waals surface area contributed by atoms with Crippen molar-refractivity contribution in [3.8, 4) is 5.75 Å². The van der Waals surface area contributed by atoms with E-state index in [1.165, 1.54) is 6.07 Å². The highest BCUT2D eigenvalue weighted by Crippen LogP contribution is 2.31. The summed E-state index contributed by atoms with van der Waals surface area (Å²) in [6.45, 7) is 5.52. The van der Waals surface area contributed by atoms with Crippen LogP contribution in [0.25, 0.3) is 0 Å². The molecule has 0 aliphatic rings. The predicted octanol–water partition coefficient (Wildman–Crippen LogP) is 3.57. The standard InChI is InChI=1S/C11H13ClFNO.ClH/c1-6(2)3-10(14)8-4-7(12)5-9(13)11(8)15;/h4-5,10,15H,1,3,14H2,2H3;1H/t10-;/m1./s1. The fraction of sp³-hybridized carbons (Fsp3) is 0.273. The molecule has 1 atom stereocenters. The molecule has 5 heteroatoms. The number of benzene rings is 1. The van der Waals surface area contributed by atoms with Crippen molar-refractivity contribution in [3.05, 3.63) is 40.7 Å². The van der Waals surface area contributed by atoms with Crippen LogP contribution in [0.15, 0.2) is 24.3 Å². The second-order valence-corrected chi connectivity index (χ2v) is 4.03. The van der Waals surface area contributed by atoms with E-state index >= 15 is 0 Å². The SMILES string of the molecule is C=C(C)C[C@@H](N)c1cc(Cl)cc(F)c1O.Cl. The van der Waals surface area contributed by atoms with Gasteiger partial charge in [0, 0.05) is 16.6 Å². The van der Waals surface area contributed by atoms with Crippen LogP contribution in [-0.2, 0) is 0 Å². The van der Waals surface area contributed by atoms with Crippen molar-refractivity contribution in [1.29, 1.82) is 0 Å². The first-order chi connectivity index (χ1) is 6.91. The van der Waals surface area contributed by atoms with Gasteiger partial charge in [0.2, 0.25) is 0 Å². The number of hydrogen-bond acceptors (Lipinski definition) is 2. The van der Waals surface area contributed by atoms with E-state index in [2.05, 4.69) is 6.58 Å². The maximum atomic E-state index is 13.1. The number of hydrogen-bond donors (Lipinski definition) is 2. The quantitative estimate of drug-likeness (QED) is 0.821. The average Bonchev–Trinajstić information content (AvgIpc) is 2.09. The topological polar surface area (TPSA) is 46.2 Å². The van der Waals surface area contributed by atoms with Crippen molar-refractivity contribution in [1.82, 2.24) is 0 Å². The summed E-state index contributed by atoms with van der Waals surface area (Å²) in [6, 6.07) is 2.03. The lowest BCUT2D eigenvalue weighted by Crippen LogP contribution is -2.11. The number of rotatable bonds is 3. The van der Waals surface area contributed by atoms with Gasteiger partial charge in [0.1, 0.15) is 0 Å². The van der Waals surface area contributed by atoms with E-state index in [-0.39, 0.29) is 17.4 Å². The minimum absolute atomic E-state index is 0. The molecule has 1 aromatic rings. The predicted molar refractivity (Wildman–Crippen MR) is 66.7 cm³/mol. The molecule has 16 heavy (non-hydrogen) atoms. The Morgan fingerprint density at radius 1 is 1.62 bits per heavy atom. The van der Waals surface area contributed by atoms with Crippen molar-refractivity contribution in [2.45, 2.75) is 19.4 Å². The van der Waals surface area contributed by atoms with E-state index in [4.69, 9.17) is 17.3 Å². The zero-order valence-corrected chi connectivity index (χ0v) is 10.4. The lowest BCUT2D eigenvalue weighted by atomic mass is 10.0. The van der Waals surface area contributed by atoms with Crippen LogP contribution in [0.4, 0.5) is 4.39 Å². The third-order valence-corrected chi connectivity index (χ3v) is 2.24. The molecule has 3 N–H and O–H groups in total. The summed E-state index contributed by atoms with van der Waals surface area (Å²) in [5, 5.41) is 9.68. The van der Waals surface area contributed by atoms with Crippen LogP contribution in [0.3, 0.4) is 0 Å². The zero-order valence-electron chi connectivity index (χ0n) is 8.84. The molecule has 0 spiro atoms. The Kier molecular flexibility index (Phi) is 5.79.